The van der Waals surface area contributed by atoms with Crippen molar-refractivity contribution in [3.63, 3.8) is 0 Å². The Hall–Kier alpha value is -2.08. The van der Waals surface area contributed by atoms with Crippen molar-refractivity contribution in [1.82, 2.24) is 10.2 Å². The van der Waals surface area contributed by atoms with Crippen LogP contribution >= 0.6 is 0 Å². The summed E-state index contributed by atoms with van der Waals surface area (Å²) in [5, 5.41) is 21.9. The number of carbonyl (C=O) groups excluding carboxylic acids is 1. The van der Waals surface area contributed by atoms with E-state index in [-0.39, 0.29) is 25.5 Å². The Kier molecular flexibility index (Phi) is 5.98. The van der Waals surface area contributed by atoms with Crippen molar-refractivity contribution in [2.75, 3.05) is 13.1 Å². The summed E-state index contributed by atoms with van der Waals surface area (Å²) >= 11 is 0. The maximum atomic E-state index is 12.4. The van der Waals surface area contributed by atoms with Gasteiger partial charge in [-0.05, 0) is 18.4 Å². The van der Waals surface area contributed by atoms with E-state index in [1.54, 1.807) is 4.90 Å². The monoisotopic (exact) mass is 320 g/mol. The summed E-state index contributed by atoms with van der Waals surface area (Å²) in [4.78, 5) is 24.5. The van der Waals surface area contributed by atoms with E-state index in [1.165, 1.54) is 0 Å². The van der Waals surface area contributed by atoms with Crippen LogP contribution in [0.2, 0.25) is 0 Å². The van der Waals surface area contributed by atoms with Crippen molar-refractivity contribution in [2.45, 2.75) is 44.2 Å². The second kappa shape index (κ2) is 7.97. The molecule has 1 aliphatic rings. The minimum atomic E-state index is -0.950. The molecule has 6 heteroatoms. The maximum Gasteiger partial charge on any atom is 0.317 e. The predicted octanol–water partition coefficient (Wildman–Crippen LogP) is 1.98. The molecular weight excluding hydrogens is 296 g/mol. The average Bonchev–Trinajstić information content (AvgIpc) is 2.94. The van der Waals surface area contributed by atoms with Gasteiger partial charge in [0.05, 0.1) is 18.6 Å². The third kappa shape index (κ3) is 5.56. The molecule has 0 atom stereocenters. The van der Waals surface area contributed by atoms with Crippen molar-refractivity contribution >= 4 is 12.0 Å². The summed E-state index contributed by atoms with van der Waals surface area (Å²) in [6, 6.07) is 9.23. The summed E-state index contributed by atoms with van der Waals surface area (Å²) in [5.74, 6) is -0.950. The number of benzene rings is 1. The van der Waals surface area contributed by atoms with Crippen molar-refractivity contribution in [3.05, 3.63) is 35.9 Å². The van der Waals surface area contributed by atoms with Crippen LogP contribution < -0.4 is 5.32 Å². The summed E-state index contributed by atoms with van der Waals surface area (Å²) < 4.78 is 0. The molecular formula is C17H24N2O4. The lowest BCUT2D eigenvalue weighted by Crippen LogP contribution is -2.48. The van der Waals surface area contributed by atoms with Crippen LogP contribution in [0.15, 0.2) is 30.3 Å². The predicted molar refractivity (Wildman–Crippen MR) is 85.9 cm³/mol. The van der Waals surface area contributed by atoms with E-state index >= 15 is 0 Å². The van der Waals surface area contributed by atoms with Crippen LogP contribution in [-0.2, 0) is 11.3 Å². The van der Waals surface area contributed by atoms with Crippen LogP contribution in [0.3, 0.4) is 0 Å². The number of rotatable bonds is 7. The number of carboxylic acids is 1. The molecule has 2 amide bonds. The summed E-state index contributed by atoms with van der Waals surface area (Å²) in [5.41, 5.74) is 0.140. The van der Waals surface area contributed by atoms with Gasteiger partial charge in [0.1, 0.15) is 0 Å². The number of hydrogen-bond donors (Lipinski definition) is 3. The fourth-order valence-electron chi connectivity index (χ4n) is 2.94. The van der Waals surface area contributed by atoms with Gasteiger partial charge in [-0.3, -0.25) is 4.79 Å². The van der Waals surface area contributed by atoms with Crippen LogP contribution in [0, 0.1) is 0 Å². The molecule has 1 aromatic carbocycles. The van der Waals surface area contributed by atoms with E-state index in [0.717, 1.165) is 18.4 Å². The highest BCUT2D eigenvalue weighted by atomic mass is 16.4. The molecule has 0 spiro atoms. The summed E-state index contributed by atoms with van der Waals surface area (Å²) in [6.45, 7) is 0.737. The number of aliphatic hydroxyl groups is 1. The number of carboxylic acid groups (broad SMARTS) is 1. The molecule has 1 aliphatic carbocycles. The minimum absolute atomic E-state index is 0.0812. The first-order valence-electron chi connectivity index (χ1n) is 7.99. The molecule has 1 aromatic rings. The van der Waals surface area contributed by atoms with E-state index in [4.69, 9.17) is 5.11 Å². The van der Waals surface area contributed by atoms with Crippen LogP contribution in [0.5, 0.6) is 0 Å². The Morgan fingerprint density at radius 3 is 2.43 bits per heavy atom. The fourth-order valence-corrected chi connectivity index (χ4v) is 2.94. The second-order valence-corrected chi connectivity index (χ2v) is 6.15. The largest absolute Gasteiger partial charge is 0.481 e. The van der Waals surface area contributed by atoms with E-state index in [1.807, 2.05) is 30.3 Å². The zero-order chi connectivity index (χ0) is 16.7. The lowest BCUT2D eigenvalue weighted by molar-refractivity contribution is -0.136. The molecule has 1 fully saturated rings. The van der Waals surface area contributed by atoms with Crippen LogP contribution in [0.4, 0.5) is 4.79 Å². The Balaban J connectivity index is 2.00. The van der Waals surface area contributed by atoms with Crippen LogP contribution in [0.25, 0.3) is 0 Å². The van der Waals surface area contributed by atoms with Crippen LogP contribution in [-0.4, -0.2) is 45.8 Å². The number of carbonyl (C=O) groups is 2. The molecule has 1 saturated carbocycles. The number of nitrogens with zero attached hydrogens (tertiary/aromatic N) is 1. The van der Waals surface area contributed by atoms with Gasteiger partial charge >= 0.3 is 12.0 Å². The fraction of sp³-hybridized carbons (Fsp3) is 0.529. The quantitative estimate of drug-likeness (QED) is 0.716. The number of nitrogens with one attached hydrogen (secondary N) is 1. The van der Waals surface area contributed by atoms with Gasteiger partial charge in [0.25, 0.3) is 0 Å². The smallest absolute Gasteiger partial charge is 0.317 e. The highest BCUT2D eigenvalue weighted by Crippen LogP contribution is 2.30. The van der Waals surface area contributed by atoms with E-state index in [9.17, 15) is 14.7 Å². The highest BCUT2D eigenvalue weighted by Gasteiger charge is 2.34. The molecule has 0 heterocycles. The van der Waals surface area contributed by atoms with Gasteiger partial charge in [0.2, 0.25) is 0 Å². The van der Waals surface area contributed by atoms with Crippen molar-refractivity contribution in [2.24, 2.45) is 0 Å². The third-order valence-electron chi connectivity index (χ3n) is 4.14. The SMILES string of the molecule is O=C(O)CCNC(=O)N(Cc1ccccc1)CC1(O)CCCC1. The normalized spacial score (nSPS) is 16.0. The number of urea groups is 1. The van der Waals surface area contributed by atoms with Gasteiger partial charge in [0, 0.05) is 13.1 Å². The first-order chi connectivity index (χ1) is 11.0. The van der Waals surface area contributed by atoms with Crippen molar-refractivity contribution in [3.8, 4) is 0 Å². The molecule has 2 rings (SSSR count). The second-order valence-electron chi connectivity index (χ2n) is 6.15. The highest BCUT2D eigenvalue weighted by molar-refractivity contribution is 5.75. The minimum Gasteiger partial charge on any atom is -0.481 e. The van der Waals surface area contributed by atoms with Crippen LogP contribution in [0.1, 0.15) is 37.7 Å². The van der Waals surface area contributed by atoms with Crippen molar-refractivity contribution < 1.29 is 19.8 Å². The molecule has 6 nitrogen and oxygen atoms in total. The van der Waals surface area contributed by atoms with Gasteiger partial charge in [-0.1, -0.05) is 43.2 Å². The van der Waals surface area contributed by atoms with Gasteiger partial charge < -0.3 is 20.4 Å². The lowest BCUT2D eigenvalue weighted by Gasteiger charge is -2.31. The zero-order valence-corrected chi connectivity index (χ0v) is 13.2. The van der Waals surface area contributed by atoms with Gasteiger partial charge in [-0.25, -0.2) is 4.79 Å². The van der Waals surface area contributed by atoms with E-state index in [2.05, 4.69) is 5.32 Å². The van der Waals surface area contributed by atoms with E-state index in [0.29, 0.717) is 19.4 Å². The number of amides is 2. The Labute approximate surface area is 136 Å². The number of aliphatic carboxylic acids is 1. The first-order valence-corrected chi connectivity index (χ1v) is 7.99. The first kappa shape index (κ1) is 17.3. The topological polar surface area (TPSA) is 89.9 Å². The molecule has 126 valence electrons. The molecule has 0 aromatic heterocycles. The zero-order valence-electron chi connectivity index (χ0n) is 13.2. The summed E-state index contributed by atoms with van der Waals surface area (Å²) in [7, 11) is 0. The third-order valence-corrected chi connectivity index (χ3v) is 4.14. The molecule has 0 bridgehead atoms. The van der Waals surface area contributed by atoms with Crippen molar-refractivity contribution in [1.29, 1.82) is 0 Å². The molecule has 0 aliphatic heterocycles. The molecule has 3 N–H and O–H groups in total. The van der Waals surface area contributed by atoms with E-state index < -0.39 is 11.6 Å². The Morgan fingerprint density at radius 2 is 1.83 bits per heavy atom. The van der Waals surface area contributed by atoms with Gasteiger partial charge in [0.15, 0.2) is 0 Å². The standard InChI is InChI=1S/C17H24N2O4/c20-15(21)8-11-18-16(22)19(12-14-6-2-1-3-7-14)13-17(23)9-4-5-10-17/h1-3,6-7,23H,4-5,8-13H2,(H,18,22)(H,20,21). The van der Waals surface area contributed by atoms with Gasteiger partial charge in [-0.2, -0.15) is 0 Å². The lowest BCUT2D eigenvalue weighted by atomic mass is 10.0. The van der Waals surface area contributed by atoms with Gasteiger partial charge in [-0.15, -0.1) is 0 Å². The number of hydrogen-bond acceptors (Lipinski definition) is 3. The molecule has 0 unspecified atom stereocenters. The molecule has 23 heavy (non-hydrogen) atoms. The average molecular weight is 320 g/mol. The Morgan fingerprint density at radius 1 is 1.17 bits per heavy atom. The summed E-state index contributed by atoms with van der Waals surface area (Å²) in [6.07, 6.45) is 3.21. The maximum absolute atomic E-state index is 12.4. The molecule has 0 saturated heterocycles. The molecule has 0 radical (unpaired) electrons. The Bertz CT molecular complexity index is 527.